The van der Waals surface area contributed by atoms with Gasteiger partial charge in [-0.05, 0) is 63.9 Å². The maximum absolute atomic E-state index is 12.4. The molecule has 0 bridgehead atoms. The van der Waals surface area contributed by atoms with Gasteiger partial charge in [0.1, 0.15) is 0 Å². The summed E-state index contributed by atoms with van der Waals surface area (Å²) < 4.78 is 5.14. The van der Waals surface area contributed by atoms with Crippen molar-refractivity contribution in [2.24, 2.45) is 5.92 Å². The molecule has 0 radical (unpaired) electrons. The zero-order valence-electron chi connectivity index (χ0n) is 17.6. The van der Waals surface area contributed by atoms with Crippen LogP contribution in [-0.2, 0) is 20.9 Å². The van der Waals surface area contributed by atoms with E-state index in [0.717, 1.165) is 55.0 Å². The first kappa shape index (κ1) is 21.5. The molecule has 0 atom stereocenters. The normalized spacial score (nSPS) is 15.3. The van der Waals surface area contributed by atoms with Crippen molar-refractivity contribution in [3.05, 3.63) is 40.4 Å². The molecular formula is C22H29N3O3S. The number of carbonyl (C=O) groups is 2. The molecule has 7 heteroatoms. The Hall–Kier alpha value is -2.25. The Balaban J connectivity index is 1.68. The molecule has 1 fully saturated rings. The third-order valence-corrected chi connectivity index (χ3v) is 6.33. The van der Waals surface area contributed by atoms with Crippen molar-refractivity contribution in [1.82, 2.24) is 9.88 Å². The van der Waals surface area contributed by atoms with Crippen molar-refractivity contribution >= 4 is 34.0 Å². The second-order valence-electron chi connectivity index (χ2n) is 7.50. The summed E-state index contributed by atoms with van der Waals surface area (Å²) in [5.41, 5.74) is 4.07. The number of amides is 1. The lowest BCUT2D eigenvalue weighted by Crippen LogP contribution is -2.36. The Morgan fingerprint density at radius 1 is 1.28 bits per heavy atom. The molecule has 1 aromatic carbocycles. The van der Waals surface area contributed by atoms with Crippen LogP contribution in [-0.4, -0.2) is 41.5 Å². The van der Waals surface area contributed by atoms with Crippen molar-refractivity contribution in [3.63, 3.8) is 0 Å². The van der Waals surface area contributed by atoms with Gasteiger partial charge in [0.2, 0.25) is 5.91 Å². The van der Waals surface area contributed by atoms with E-state index in [0.29, 0.717) is 11.7 Å². The number of ether oxygens (including phenoxy) is 1. The molecule has 1 aromatic heterocycles. The van der Waals surface area contributed by atoms with Crippen LogP contribution in [0.15, 0.2) is 23.6 Å². The molecule has 1 amide bonds. The van der Waals surface area contributed by atoms with Gasteiger partial charge in [-0.25, -0.2) is 4.98 Å². The van der Waals surface area contributed by atoms with E-state index < -0.39 is 0 Å². The Morgan fingerprint density at radius 2 is 2.00 bits per heavy atom. The van der Waals surface area contributed by atoms with E-state index in [9.17, 15) is 9.59 Å². The minimum atomic E-state index is -0.0753. The van der Waals surface area contributed by atoms with E-state index in [1.165, 1.54) is 11.3 Å². The van der Waals surface area contributed by atoms with Gasteiger partial charge in [-0.1, -0.05) is 12.1 Å². The third-order valence-electron chi connectivity index (χ3n) is 5.46. The van der Waals surface area contributed by atoms with E-state index in [1.54, 1.807) is 11.8 Å². The number of benzene rings is 1. The average Bonchev–Trinajstić information content (AvgIpc) is 3.13. The van der Waals surface area contributed by atoms with Crippen LogP contribution in [0.5, 0.6) is 0 Å². The second kappa shape index (κ2) is 9.50. The number of thiazole rings is 1. The van der Waals surface area contributed by atoms with Crippen LogP contribution < -0.4 is 4.90 Å². The third kappa shape index (κ3) is 5.03. The van der Waals surface area contributed by atoms with Crippen molar-refractivity contribution in [2.45, 2.75) is 47.1 Å². The molecule has 29 heavy (non-hydrogen) atoms. The first-order valence-electron chi connectivity index (χ1n) is 10.1. The number of hydrogen-bond donors (Lipinski definition) is 0. The molecule has 0 saturated carbocycles. The molecule has 1 aliphatic rings. The Morgan fingerprint density at radius 3 is 2.66 bits per heavy atom. The van der Waals surface area contributed by atoms with E-state index >= 15 is 0 Å². The van der Waals surface area contributed by atoms with Gasteiger partial charge in [0.05, 0.1) is 23.9 Å². The van der Waals surface area contributed by atoms with E-state index in [4.69, 9.17) is 9.72 Å². The highest BCUT2D eigenvalue weighted by Crippen LogP contribution is 2.33. The van der Waals surface area contributed by atoms with Crippen molar-refractivity contribution in [3.8, 4) is 0 Å². The van der Waals surface area contributed by atoms with Crippen LogP contribution in [0.1, 0.15) is 43.5 Å². The molecule has 3 rings (SSSR count). The van der Waals surface area contributed by atoms with Gasteiger partial charge >= 0.3 is 5.97 Å². The smallest absolute Gasteiger partial charge is 0.309 e. The van der Waals surface area contributed by atoms with Crippen LogP contribution in [0.25, 0.3) is 0 Å². The Bertz CT molecular complexity index is 872. The highest BCUT2D eigenvalue weighted by Gasteiger charge is 2.27. The Kier molecular flexibility index (Phi) is 7.03. The lowest BCUT2D eigenvalue weighted by atomic mass is 9.97. The minimum absolute atomic E-state index is 0.00898. The van der Waals surface area contributed by atoms with Crippen LogP contribution in [0.4, 0.5) is 10.8 Å². The standard InChI is InChI=1S/C22H29N3O3S/c1-5-28-21(27)18-9-11-24(12-10-18)13-19-14-29-22(23-19)25(17(4)26)20-8-6-7-15(2)16(20)3/h6-8,14,18H,5,9-13H2,1-4H3. The number of anilines is 2. The van der Waals surface area contributed by atoms with Crippen molar-refractivity contribution in [1.29, 1.82) is 0 Å². The van der Waals surface area contributed by atoms with Crippen LogP contribution in [0, 0.1) is 19.8 Å². The number of likely N-dealkylation sites (tertiary alicyclic amines) is 1. The zero-order valence-corrected chi connectivity index (χ0v) is 18.4. The van der Waals surface area contributed by atoms with Crippen molar-refractivity contribution in [2.75, 3.05) is 24.6 Å². The molecule has 0 unspecified atom stereocenters. The van der Waals surface area contributed by atoms with Crippen molar-refractivity contribution < 1.29 is 14.3 Å². The van der Waals surface area contributed by atoms with Gasteiger partial charge < -0.3 is 4.74 Å². The number of aromatic nitrogens is 1. The van der Waals surface area contributed by atoms with E-state index in [2.05, 4.69) is 4.90 Å². The van der Waals surface area contributed by atoms with Gasteiger partial charge in [-0.15, -0.1) is 11.3 Å². The summed E-state index contributed by atoms with van der Waals surface area (Å²) in [6, 6.07) is 5.98. The average molecular weight is 416 g/mol. The fraction of sp³-hybridized carbons (Fsp3) is 0.500. The summed E-state index contributed by atoms with van der Waals surface area (Å²) in [5, 5.41) is 2.72. The lowest BCUT2D eigenvalue weighted by molar-refractivity contribution is -0.149. The number of piperidine rings is 1. The molecule has 6 nitrogen and oxygen atoms in total. The summed E-state index contributed by atoms with van der Waals surface area (Å²) in [6.45, 7) is 10.4. The maximum atomic E-state index is 12.4. The summed E-state index contributed by atoms with van der Waals surface area (Å²) >= 11 is 1.49. The Labute approximate surface area is 176 Å². The van der Waals surface area contributed by atoms with Crippen LogP contribution >= 0.6 is 11.3 Å². The summed E-state index contributed by atoms with van der Waals surface area (Å²) in [7, 11) is 0. The molecule has 156 valence electrons. The molecule has 2 aromatic rings. The highest BCUT2D eigenvalue weighted by atomic mass is 32.1. The van der Waals surface area contributed by atoms with Gasteiger partial charge in [-0.3, -0.25) is 19.4 Å². The molecule has 0 N–H and O–H groups in total. The number of rotatable bonds is 6. The zero-order chi connectivity index (χ0) is 21.0. The number of aryl methyl sites for hydroxylation is 1. The topological polar surface area (TPSA) is 62.7 Å². The maximum Gasteiger partial charge on any atom is 0.309 e. The highest BCUT2D eigenvalue weighted by molar-refractivity contribution is 7.14. The number of carbonyl (C=O) groups excluding carboxylic acids is 2. The predicted octanol–water partition coefficient (Wildman–Crippen LogP) is 4.22. The van der Waals surface area contributed by atoms with Gasteiger partial charge in [0, 0.05) is 18.8 Å². The number of esters is 1. The quantitative estimate of drug-likeness (QED) is 0.661. The molecular weight excluding hydrogens is 386 g/mol. The molecule has 2 heterocycles. The first-order valence-corrected chi connectivity index (χ1v) is 11.0. The second-order valence-corrected chi connectivity index (χ2v) is 8.33. The van der Waals surface area contributed by atoms with E-state index in [1.807, 2.05) is 44.4 Å². The van der Waals surface area contributed by atoms with E-state index in [-0.39, 0.29) is 17.8 Å². The van der Waals surface area contributed by atoms with Gasteiger partial charge in [0.15, 0.2) is 5.13 Å². The monoisotopic (exact) mass is 415 g/mol. The minimum Gasteiger partial charge on any atom is -0.466 e. The fourth-order valence-electron chi connectivity index (χ4n) is 3.67. The summed E-state index contributed by atoms with van der Waals surface area (Å²) in [6.07, 6.45) is 1.63. The largest absolute Gasteiger partial charge is 0.466 e. The lowest BCUT2D eigenvalue weighted by Gasteiger charge is -2.30. The molecule has 0 spiro atoms. The SMILES string of the molecule is CCOC(=O)C1CCN(Cc2csc(N(C(C)=O)c3cccc(C)c3C)n2)CC1. The van der Waals surface area contributed by atoms with Gasteiger partial charge in [0.25, 0.3) is 0 Å². The predicted molar refractivity (Wildman–Crippen MR) is 115 cm³/mol. The fourth-order valence-corrected chi connectivity index (χ4v) is 4.54. The van der Waals surface area contributed by atoms with Crippen LogP contribution in [0.2, 0.25) is 0 Å². The van der Waals surface area contributed by atoms with Crippen LogP contribution in [0.3, 0.4) is 0 Å². The summed E-state index contributed by atoms with van der Waals surface area (Å²) in [5.74, 6) is -0.113. The number of nitrogens with zero attached hydrogens (tertiary/aromatic N) is 3. The molecule has 1 aliphatic heterocycles. The first-order chi connectivity index (χ1) is 13.9. The molecule has 0 aliphatic carbocycles. The summed E-state index contributed by atoms with van der Waals surface area (Å²) in [4.78, 5) is 33.1. The number of hydrogen-bond acceptors (Lipinski definition) is 6. The van der Waals surface area contributed by atoms with Gasteiger partial charge in [-0.2, -0.15) is 0 Å². The molecule has 1 saturated heterocycles.